The number of methoxy groups -OCH3 is 1. The highest BCUT2D eigenvalue weighted by molar-refractivity contribution is 7.89. The standard InChI is InChI=1S/C20H20N2O5S/c1-25-18-10-9-15(14-19(18)27-20-8-5-13-26-20)17-11-12-22(21-17)28(23,24)16-6-3-2-4-7-16/h2-4,6-7,9-12,14,20H,5,8,13H2,1H3/t20-/m0/s1. The summed E-state index contributed by atoms with van der Waals surface area (Å²) in [4.78, 5) is 0.182. The molecule has 0 unspecified atom stereocenters. The quantitative estimate of drug-likeness (QED) is 0.632. The van der Waals surface area contributed by atoms with Crippen LogP contribution in [0.4, 0.5) is 0 Å². The maximum absolute atomic E-state index is 12.7. The average Bonchev–Trinajstić information content (AvgIpc) is 3.41. The summed E-state index contributed by atoms with van der Waals surface area (Å²) in [6.45, 7) is 0.675. The summed E-state index contributed by atoms with van der Waals surface area (Å²) in [6.07, 6.45) is 2.90. The molecule has 4 rings (SSSR count). The Bertz CT molecular complexity index is 1060. The van der Waals surface area contributed by atoms with E-state index in [1.807, 2.05) is 6.07 Å². The van der Waals surface area contributed by atoms with Crippen LogP contribution in [0.5, 0.6) is 11.5 Å². The van der Waals surface area contributed by atoms with Crippen molar-refractivity contribution in [2.75, 3.05) is 13.7 Å². The Morgan fingerprint density at radius 2 is 1.93 bits per heavy atom. The van der Waals surface area contributed by atoms with Crippen molar-refractivity contribution < 1.29 is 22.6 Å². The average molecular weight is 400 g/mol. The maximum atomic E-state index is 12.7. The van der Waals surface area contributed by atoms with Crippen LogP contribution in [-0.4, -0.2) is 37.6 Å². The van der Waals surface area contributed by atoms with Gasteiger partial charge in [0.2, 0.25) is 0 Å². The lowest BCUT2D eigenvalue weighted by Crippen LogP contribution is -2.14. The fourth-order valence-corrected chi connectivity index (χ4v) is 4.14. The van der Waals surface area contributed by atoms with Gasteiger partial charge in [-0.3, -0.25) is 0 Å². The van der Waals surface area contributed by atoms with Gasteiger partial charge in [0, 0.05) is 18.2 Å². The van der Waals surface area contributed by atoms with E-state index in [0.717, 1.165) is 22.5 Å². The van der Waals surface area contributed by atoms with Crippen LogP contribution < -0.4 is 9.47 Å². The van der Waals surface area contributed by atoms with Crippen molar-refractivity contribution >= 4 is 10.0 Å². The molecule has 0 radical (unpaired) electrons. The van der Waals surface area contributed by atoms with E-state index in [1.165, 1.54) is 18.3 Å². The lowest BCUT2D eigenvalue weighted by Gasteiger charge is -2.16. The van der Waals surface area contributed by atoms with Crippen LogP contribution in [0.3, 0.4) is 0 Å². The van der Waals surface area contributed by atoms with Crippen molar-refractivity contribution in [3.05, 3.63) is 60.8 Å². The van der Waals surface area contributed by atoms with Gasteiger partial charge in [0.25, 0.3) is 10.0 Å². The fraction of sp³-hybridized carbons (Fsp3) is 0.250. The van der Waals surface area contributed by atoms with E-state index in [2.05, 4.69) is 5.10 Å². The number of benzene rings is 2. The number of rotatable bonds is 6. The van der Waals surface area contributed by atoms with Crippen molar-refractivity contribution in [2.24, 2.45) is 0 Å². The molecule has 0 N–H and O–H groups in total. The second-order valence-electron chi connectivity index (χ2n) is 6.32. The highest BCUT2D eigenvalue weighted by atomic mass is 32.2. The zero-order valence-corrected chi connectivity index (χ0v) is 16.1. The molecule has 2 aromatic carbocycles. The first-order chi connectivity index (χ1) is 13.6. The number of ether oxygens (including phenoxy) is 3. The summed E-state index contributed by atoms with van der Waals surface area (Å²) in [5.41, 5.74) is 1.23. The van der Waals surface area contributed by atoms with Gasteiger partial charge in [-0.2, -0.15) is 17.6 Å². The predicted octanol–water partition coefficient (Wildman–Crippen LogP) is 3.31. The zero-order chi connectivity index (χ0) is 19.6. The fourth-order valence-electron chi connectivity index (χ4n) is 3.01. The van der Waals surface area contributed by atoms with Crippen LogP contribution in [-0.2, 0) is 14.8 Å². The molecule has 0 spiro atoms. The van der Waals surface area contributed by atoms with E-state index in [1.54, 1.807) is 43.5 Å². The van der Waals surface area contributed by atoms with Gasteiger partial charge in [-0.25, -0.2) is 0 Å². The van der Waals surface area contributed by atoms with E-state index in [0.29, 0.717) is 23.8 Å². The first-order valence-electron chi connectivity index (χ1n) is 8.91. The van der Waals surface area contributed by atoms with Crippen LogP contribution in [0, 0.1) is 0 Å². The van der Waals surface area contributed by atoms with E-state index < -0.39 is 10.0 Å². The van der Waals surface area contributed by atoms with Crippen molar-refractivity contribution in [2.45, 2.75) is 24.0 Å². The molecule has 1 aromatic heterocycles. The van der Waals surface area contributed by atoms with E-state index in [-0.39, 0.29) is 11.2 Å². The highest BCUT2D eigenvalue weighted by Crippen LogP contribution is 2.34. The van der Waals surface area contributed by atoms with Crippen molar-refractivity contribution in [1.29, 1.82) is 0 Å². The predicted molar refractivity (Wildman–Crippen MR) is 103 cm³/mol. The monoisotopic (exact) mass is 400 g/mol. The molecule has 1 aliphatic rings. The van der Waals surface area contributed by atoms with Crippen molar-refractivity contribution in [3.8, 4) is 22.8 Å². The summed E-state index contributed by atoms with van der Waals surface area (Å²) in [7, 11) is -2.17. The summed E-state index contributed by atoms with van der Waals surface area (Å²) in [5, 5.41) is 4.26. The van der Waals surface area contributed by atoms with Gasteiger partial charge >= 0.3 is 0 Å². The molecule has 0 bridgehead atoms. The minimum atomic E-state index is -3.74. The van der Waals surface area contributed by atoms with Crippen molar-refractivity contribution in [3.63, 3.8) is 0 Å². The Balaban J connectivity index is 1.65. The second kappa shape index (κ2) is 7.65. The molecule has 0 amide bonds. The van der Waals surface area contributed by atoms with E-state index in [9.17, 15) is 8.42 Å². The first kappa shape index (κ1) is 18.5. The Hall–Kier alpha value is -2.84. The number of hydrogen-bond donors (Lipinski definition) is 0. The lowest BCUT2D eigenvalue weighted by atomic mass is 10.1. The smallest absolute Gasteiger partial charge is 0.282 e. The molecule has 1 aliphatic heterocycles. The van der Waals surface area contributed by atoms with Crippen LogP contribution in [0.15, 0.2) is 65.7 Å². The number of hydrogen-bond acceptors (Lipinski definition) is 6. The van der Waals surface area contributed by atoms with Crippen LogP contribution >= 0.6 is 0 Å². The van der Waals surface area contributed by atoms with Gasteiger partial charge < -0.3 is 14.2 Å². The Morgan fingerprint density at radius 1 is 1.11 bits per heavy atom. The van der Waals surface area contributed by atoms with E-state index >= 15 is 0 Å². The molecule has 0 saturated carbocycles. The molecule has 146 valence electrons. The van der Waals surface area contributed by atoms with Crippen LogP contribution in [0.25, 0.3) is 11.3 Å². The van der Waals surface area contributed by atoms with Gasteiger partial charge in [0.05, 0.1) is 24.3 Å². The van der Waals surface area contributed by atoms with E-state index in [4.69, 9.17) is 14.2 Å². The Labute approximate surface area is 163 Å². The minimum absolute atomic E-state index is 0.182. The van der Waals surface area contributed by atoms with Gasteiger partial charge in [-0.1, -0.05) is 18.2 Å². The second-order valence-corrected chi connectivity index (χ2v) is 8.11. The summed E-state index contributed by atoms with van der Waals surface area (Å²) in [6, 6.07) is 15.2. The highest BCUT2D eigenvalue weighted by Gasteiger charge is 2.21. The molecule has 1 saturated heterocycles. The third-order valence-electron chi connectivity index (χ3n) is 4.46. The normalized spacial score (nSPS) is 16.8. The molecule has 3 aromatic rings. The molecular weight excluding hydrogens is 380 g/mol. The Morgan fingerprint density at radius 3 is 2.64 bits per heavy atom. The number of aromatic nitrogens is 2. The lowest BCUT2D eigenvalue weighted by molar-refractivity contribution is -0.0402. The molecular formula is C20H20N2O5S. The van der Waals surface area contributed by atoms with Crippen LogP contribution in [0.1, 0.15) is 12.8 Å². The molecule has 28 heavy (non-hydrogen) atoms. The third-order valence-corrected chi connectivity index (χ3v) is 6.02. The molecule has 1 atom stereocenters. The van der Waals surface area contributed by atoms with Gasteiger partial charge in [0.1, 0.15) is 0 Å². The summed E-state index contributed by atoms with van der Waals surface area (Å²) < 4.78 is 43.2. The topological polar surface area (TPSA) is 79.7 Å². The van der Waals surface area contributed by atoms with Gasteiger partial charge in [0.15, 0.2) is 17.8 Å². The van der Waals surface area contributed by atoms with Crippen molar-refractivity contribution in [1.82, 2.24) is 9.19 Å². The molecule has 8 heteroatoms. The summed E-state index contributed by atoms with van der Waals surface area (Å²) in [5.74, 6) is 1.11. The first-order valence-corrected chi connectivity index (χ1v) is 10.3. The zero-order valence-electron chi connectivity index (χ0n) is 15.3. The maximum Gasteiger partial charge on any atom is 0.282 e. The van der Waals surface area contributed by atoms with Gasteiger partial charge in [-0.05, 0) is 42.8 Å². The largest absolute Gasteiger partial charge is 0.493 e. The summed E-state index contributed by atoms with van der Waals surface area (Å²) >= 11 is 0. The molecule has 1 fully saturated rings. The SMILES string of the molecule is COc1ccc(-c2ccn(S(=O)(=O)c3ccccc3)n2)cc1O[C@H]1CCCO1. The Kier molecular flexibility index (Phi) is 5.06. The number of nitrogens with zero attached hydrogens (tertiary/aromatic N) is 2. The third kappa shape index (κ3) is 3.61. The van der Waals surface area contributed by atoms with Gasteiger partial charge in [-0.15, -0.1) is 0 Å². The van der Waals surface area contributed by atoms with Crippen LogP contribution in [0.2, 0.25) is 0 Å². The molecule has 7 nitrogen and oxygen atoms in total. The minimum Gasteiger partial charge on any atom is -0.493 e. The molecule has 0 aliphatic carbocycles. The molecule has 2 heterocycles.